The van der Waals surface area contributed by atoms with Crippen LogP contribution in [0.25, 0.3) is 0 Å². The number of piperidine rings is 1. The van der Waals surface area contributed by atoms with E-state index in [4.69, 9.17) is 0 Å². The fourth-order valence-corrected chi connectivity index (χ4v) is 3.38. The Kier molecular flexibility index (Phi) is 5.02. The highest BCUT2D eigenvalue weighted by atomic mass is 16.4. The summed E-state index contributed by atoms with van der Waals surface area (Å²) in [5, 5.41) is 15.6. The fourth-order valence-electron chi connectivity index (χ4n) is 3.38. The Hall–Kier alpha value is -1.10. The van der Waals surface area contributed by atoms with Crippen molar-refractivity contribution < 1.29 is 14.7 Å². The first-order valence-corrected chi connectivity index (χ1v) is 7.83. The normalized spacial score (nSPS) is 34.5. The molecule has 2 rings (SSSR count). The van der Waals surface area contributed by atoms with E-state index in [1.165, 1.54) is 0 Å². The van der Waals surface area contributed by atoms with Crippen LogP contribution in [0, 0.1) is 11.8 Å². The maximum Gasteiger partial charge on any atom is 0.329 e. The first-order valence-electron chi connectivity index (χ1n) is 7.83. The van der Waals surface area contributed by atoms with Crippen molar-refractivity contribution in [3.63, 3.8) is 0 Å². The van der Waals surface area contributed by atoms with E-state index in [-0.39, 0.29) is 11.8 Å². The number of aliphatic carboxylic acids is 1. The summed E-state index contributed by atoms with van der Waals surface area (Å²) in [5.41, 5.74) is -1.03. The van der Waals surface area contributed by atoms with Gasteiger partial charge in [-0.25, -0.2) is 4.79 Å². The zero-order chi connectivity index (χ0) is 14.6. The van der Waals surface area contributed by atoms with Crippen molar-refractivity contribution in [1.29, 1.82) is 0 Å². The van der Waals surface area contributed by atoms with Crippen LogP contribution in [0.5, 0.6) is 0 Å². The molecule has 3 N–H and O–H groups in total. The van der Waals surface area contributed by atoms with E-state index in [9.17, 15) is 14.7 Å². The summed E-state index contributed by atoms with van der Waals surface area (Å²) in [6, 6.07) is 0. The number of hydrogen-bond donors (Lipinski definition) is 3. The maximum atomic E-state index is 12.3. The third-order valence-electron chi connectivity index (χ3n) is 4.98. The average Bonchev–Trinajstić information content (AvgIpc) is 2.48. The van der Waals surface area contributed by atoms with Gasteiger partial charge in [0.1, 0.15) is 5.54 Å². The number of carboxylic acids is 1. The van der Waals surface area contributed by atoms with Crippen molar-refractivity contribution in [1.82, 2.24) is 10.6 Å². The lowest BCUT2D eigenvalue weighted by Crippen LogP contribution is -2.58. The molecule has 1 aliphatic heterocycles. The van der Waals surface area contributed by atoms with Crippen LogP contribution in [-0.2, 0) is 9.59 Å². The Balaban J connectivity index is 1.98. The van der Waals surface area contributed by atoms with Crippen molar-refractivity contribution in [2.24, 2.45) is 11.8 Å². The molecule has 5 nitrogen and oxygen atoms in total. The molecule has 1 saturated heterocycles. The highest BCUT2D eigenvalue weighted by Crippen LogP contribution is 2.34. The number of rotatable bonds is 4. The molecule has 20 heavy (non-hydrogen) atoms. The number of carbonyl (C=O) groups excluding carboxylic acids is 1. The molecule has 0 aromatic carbocycles. The van der Waals surface area contributed by atoms with Crippen LogP contribution in [0.15, 0.2) is 0 Å². The molecular formula is C15H26N2O3. The van der Waals surface area contributed by atoms with Gasteiger partial charge in [-0.05, 0) is 51.0 Å². The largest absolute Gasteiger partial charge is 0.480 e. The second kappa shape index (κ2) is 6.57. The van der Waals surface area contributed by atoms with Gasteiger partial charge in [-0.3, -0.25) is 4.79 Å². The van der Waals surface area contributed by atoms with Gasteiger partial charge >= 0.3 is 5.97 Å². The van der Waals surface area contributed by atoms with Gasteiger partial charge in [0.15, 0.2) is 0 Å². The van der Waals surface area contributed by atoms with Gasteiger partial charge in [0.05, 0.1) is 5.92 Å². The summed E-state index contributed by atoms with van der Waals surface area (Å²) in [7, 11) is 0. The lowest BCUT2D eigenvalue weighted by Gasteiger charge is -2.38. The lowest BCUT2D eigenvalue weighted by molar-refractivity contribution is -0.150. The van der Waals surface area contributed by atoms with Crippen molar-refractivity contribution in [2.75, 3.05) is 13.1 Å². The first kappa shape index (κ1) is 15.3. The lowest BCUT2D eigenvalue weighted by atomic mass is 9.75. The zero-order valence-corrected chi connectivity index (χ0v) is 12.3. The highest BCUT2D eigenvalue weighted by molar-refractivity contribution is 5.88. The van der Waals surface area contributed by atoms with Crippen molar-refractivity contribution >= 4 is 11.9 Å². The van der Waals surface area contributed by atoms with Gasteiger partial charge in [-0.1, -0.05) is 13.3 Å². The Morgan fingerprint density at radius 3 is 2.50 bits per heavy atom. The Morgan fingerprint density at radius 1 is 1.30 bits per heavy atom. The summed E-state index contributed by atoms with van der Waals surface area (Å²) >= 11 is 0. The summed E-state index contributed by atoms with van der Waals surface area (Å²) < 4.78 is 0. The summed E-state index contributed by atoms with van der Waals surface area (Å²) in [5.74, 6) is -0.432. The molecule has 2 fully saturated rings. The maximum absolute atomic E-state index is 12.3. The highest BCUT2D eigenvalue weighted by Gasteiger charge is 2.43. The molecule has 0 radical (unpaired) electrons. The standard InChI is InChI=1S/C15H26N2O3/c1-2-11-5-7-15(8-6-11,14(19)20)17-13(18)12-4-3-9-16-10-12/h11-12,16H,2-10H2,1H3,(H,17,18)(H,19,20)/t11?,12-,15?/m1/s1. The predicted molar refractivity (Wildman–Crippen MR) is 76.4 cm³/mol. The molecule has 1 amide bonds. The zero-order valence-electron chi connectivity index (χ0n) is 12.3. The molecule has 0 aromatic heterocycles. The van der Waals surface area contributed by atoms with E-state index in [0.29, 0.717) is 25.3 Å². The third kappa shape index (κ3) is 3.32. The van der Waals surface area contributed by atoms with Crippen LogP contribution in [0.4, 0.5) is 0 Å². The van der Waals surface area contributed by atoms with E-state index >= 15 is 0 Å². The van der Waals surface area contributed by atoms with Crippen molar-refractivity contribution in [3.8, 4) is 0 Å². The number of amides is 1. The molecule has 0 spiro atoms. The van der Waals surface area contributed by atoms with E-state index in [1.54, 1.807) is 0 Å². The van der Waals surface area contributed by atoms with Gasteiger partial charge in [0.2, 0.25) is 5.91 Å². The molecular weight excluding hydrogens is 256 g/mol. The van der Waals surface area contributed by atoms with E-state index in [1.807, 2.05) is 0 Å². The van der Waals surface area contributed by atoms with Gasteiger partial charge in [-0.15, -0.1) is 0 Å². The number of carbonyl (C=O) groups is 2. The first-order chi connectivity index (χ1) is 9.57. The van der Waals surface area contributed by atoms with Crippen molar-refractivity contribution in [2.45, 2.75) is 57.4 Å². The SMILES string of the molecule is CCC1CCC(NC(=O)[C@@H]2CCCNC2)(C(=O)O)CC1. The summed E-state index contributed by atoms with van der Waals surface area (Å²) in [4.78, 5) is 24.0. The second-order valence-corrected chi connectivity index (χ2v) is 6.27. The van der Waals surface area contributed by atoms with Gasteiger partial charge < -0.3 is 15.7 Å². The minimum atomic E-state index is -1.03. The number of hydrogen-bond acceptors (Lipinski definition) is 3. The van der Waals surface area contributed by atoms with Crippen LogP contribution in [0.1, 0.15) is 51.9 Å². The van der Waals surface area contributed by atoms with Crippen molar-refractivity contribution in [3.05, 3.63) is 0 Å². The molecule has 114 valence electrons. The van der Waals surface area contributed by atoms with Crippen LogP contribution >= 0.6 is 0 Å². The molecule has 0 bridgehead atoms. The van der Waals surface area contributed by atoms with Crippen LogP contribution in [0.3, 0.4) is 0 Å². The number of carboxylic acid groups (broad SMARTS) is 1. The Labute approximate surface area is 120 Å². The third-order valence-corrected chi connectivity index (χ3v) is 4.98. The molecule has 0 aromatic rings. The quantitative estimate of drug-likeness (QED) is 0.730. The average molecular weight is 282 g/mol. The van der Waals surface area contributed by atoms with E-state index in [2.05, 4.69) is 17.6 Å². The molecule has 1 atom stereocenters. The molecule has 5 heteroatoms. The fraction of sp³-hybridized carbons (Fsp3) is 0.867. The second-order valence-electron chi connectivity index (χ2n) is 6.27. The molecule has 1 heterocycles. The van der Waals surface area contributed by atoms with Crippen LogP contribution in [-0.4, -0.2) is 35.6 Å². The van der Waals surface area contributed by atoms with Crippen LogP contribution in [0.2, 0.25) is 0 Å². The monoisotopic (exact) mass is 282 g/mol. The molecule has 2 aliphatic rings. The predicted octanol–water partition coefficient (Wildman–Crippen LogP) is 1.53. The van der Waals surface area contributed by atoms with E-state index in [0.717, 1.165) is 38.6 Å². The molecule has 0 unspecified atom stereocenters. The van der Waals surface area contributed by atoms with Gasteiger partial charge in [0, 0.05) is 6.54 Å². The topological polar surface area (TPSA) is 78.4 Å². The number of nitrogens with one attached hydrogen (secondary N) is 2. The van der Waals surface area contributed by atoms with Gasteiger partial charge in [0.25, 0.3) is 0 Å². The molecule has 1 aliphatic carbocycles. The van der Waals surface area contributed by atoms with Crippen LogP contribution < -0.4 is 10.6 Å². The van der Waals surface area contributed by atoms with E-state index < -0.39 is 11.5 Å². The minimum absolute atomic E-state index is 0.0797. The minimum Gasteiger partial charge on any atom is -0.480 e. The van der Waals surface area contributed by atoms with Gasteiger partial charge in [-0.2, -0.15) is 0 Å². The Bertz CT molecular complexity index is 356. The summed E-state index contributed by atoms with van der Waals surface area (Å²) in [6.07, 6.45) is 5.84. The Morgan fingerprint density at radius 2 is 2.00 bits per heavy atom. The smallest absolute Gasteiger partial charge is 0.329 e. The molecule has 1 saturated carbocycles. The summed E-state index contributed by atoms with van der Waals surface area (Å²) in [6.45, 7) is 3.76.